The van der Waals surface area contributed by atoms with Gasteiger partial charge in [0, 0.05) is 35.4 Å². The first-order valence-electron chi connectivity index (χ1n) is 10.4. The molecule has 3 heterocycles. The number of hydrogen-bond acceptors (Lipinski definition) is 9. The summed E-state index contributed by atoms with van der Waals surface area (Å²) in [6.07, 6.45) is 10.3. The fraction of sp³-hybridized carbons (Fsp3) is 0.182. The van der Waals surface area contributed by atoms with Gasteiger partial charge in [-0.2, -0.15) is 4.98 Å². The van der Waals surface area contributed by atoms with Crippen LogP contribution in [0.3, 0.4) is 0 Å². The molecule has 1 aliphatic carbocycles. The lowest BCUT2D eigenvalue weighted by Gasteiger charge is -2.21. The van der Waals surface area contributed by atoms with Crippen molar-refractivity contribution in [2.45, 2.75) is 19.3 Å². The third kappa shape index (κ3) is 4.69. The molecule has 33 heavy (non-hydrogen) atoms. The number of fused-ring (bicyclic) bond motifs is 1. The quantitative estimate of drug-likeness (QED) is 0.505. The van der Waals surface area contributed by atoms with Gasteiger partial charge < -0.3 is 25.4 Å². The number of allylic oxidation sites excluding steroid dienone is 3. The van der Waals surface area contributed by atoms with E-state index >= 15 is 0 Å². The van der Waals surface area contributed by atoms with E-state index in [1.165, 1.54) is 11.8 Å². The molecule has 0 saturated carbocycles. The molecular formula is C22H22N6O4S. The number of benzene rings is 1. The van der Waals surface area contributed by atoms with E-state index in [2.05, 4.69) is 32.0 Å². The van der Waals surface area contributed by atoms with Gasteiger partial charge in [0.1, 0.15) is 18.3 Å². The molecular weight excluding hydrogens is 444 g/mol. The molecule has 1 aromatic heterocycles. The molecule has 0 bridgehead atoms. The molecule has 0 fully saturated rings. The average molecular weight is 467 g/mol. The average Bonchev–Trinajstić information content (AvgIpc) is 3.27. The lowest BCUT2D eigenvalue weighted by atomic mass is 10.0. The van der Waals surface area contributed by atoms with Crippen molar-refractivity contribution < 1.29 is 17.9 Å². The fourth-order valence-electron chi connectivity index (χ4n) is 3.72. The summed E-state index contributed by atoms with van der Waals surface area (Å²) in [5, 5.41) is 14.5. The van der Waals surface area contributed by atoms with Crippen LogP contribution in [0.25, 0.3) is 0 Å². The van der Waals surface area contributed by atoms with Crippen LogP contribution in [0.1, 0.15) is 18.4 Å². The van der Waals surface area contributed by atoms with Gasteiger partial charge in [0.05, 0.1) is 0 Å². The number of ether oxygens (including phenoxy) is 2. The van der Waals surface area contributed by atoms with Crippen LogP contribution in [0.15, 0.2) is 77.3 Å². The number of nitrogens with two attached hydrogens (primary N) is 1. The van der Waals surface area contributed by atoms with Crippen molar-refractivity contribution in [2.24, 2.45) is 5.14 Å². The maximum Gasteiger partial charge on any atom is 0.274 e. The van der Waals surface area contributed by atoms with Crippen molar-refractivity contribution in [1.82, 2.24) is 9.97 Å². The number of nitrogens with one attached hydrogen (secondary N) is 3. The Morgan fingerprint density at radius 1 is 1.09 bits per heavy atom. The van der Waals surface area contributed by atoms with E-state index in [4.69, 9.17) is 14.6 Å². The number of rotatable bonds is 6. The first-order valence-corrected chi connectivity index (χ1v) is 11.9. The molecule has 0 atom stereocenters. The minimum Gasteiger partial charge on any atom is -0.457 e. The van der Waals surface area contributed by atoms with Crippen LogP contribution in [0, 0.1) is 0 Å². The van der Waals surface area contributed by atoms with E-state index in [1.807, 2.05) is 24.3 Å². The van der Waals surface area contributed by atoms with E-state index in [0.717, 1.165) is 48.3 Å². The van der Waals surface area contributed by atoms with Crippen molar-refractivity contribution >= 4 is 33.2 Å². The van der Waals surface area contributed by atoms with Crippen LogP contribution in [0.2, 0.25) is 0 Å². The molecule has 2 aliphatic heterocycles. The summed E-state index contributed by atoms with van der Waals surface area (Å²) in [4.78, 5) is 8.87. The largest absolute Gasteiger partial charge is 0.457 e. The molecule has 170 valence electrons. The van der Waals surface area contributed by atoms with E-state index in [9.17, 15) is 8.42 Å². The molecule has 0 unspecified atom stereocenters. The van der Waals surface area contributed by atoms with Gasteiger partial charge in [0.25, 0.3) is 15.1 Å². The Balaban J connectivity index is 1.34. The summed E-state index contributed by atoms with van der Waals surface area (Å²) in [7, 11) is -3.98. The zero-order chi connectivity index (χ0) is 22.8. The Labute approximate surface area is 191 Å². The van der Waals surface area contributed by atoms with E-state index < -0.39 is 15.1 Å². The van der Waals surface area contributed by atoms with Crippen LogP contribution in [-0.2, 0) is 25.9 Å². The molecule has 5 N–H and O–H groups in total. The van der Waals surface area contributed by atoms with Crippen LogP contribution in [0.5, 0.6) is 0 Å². The topological polar surface area (TPSA) is 140 Å². The van der Waals surface area contributed by atoms with E-state index in [1.54, 1.807) is 12.3 Å². The van der Waals surface area contributed by atoms with Crippen LogP contribution in [0.4, 0.5) is 23.1 Å². The summed E-state index contributed by atoms with van der Waals surface area (Å²) in [5.74, 6) is 1.44. The van der Waals surface area contributed by atoms with Gasteiger partial charge in [-0.1, -0.05) is 12.1 Å². The van der Waals surface area contributed by atoms with Gasteiger partial charge in [0.2, 0.25) is 5.95 Å². The highest BCUT2D eigenvalue weighted by molar-refractivity contribution is 7.92. The lowest BCUT2D eigenvalue weighted by Crippen LogP contribution is -2.18. The van der Waals surface area contributed by atoms with E-state index in [-0.39, 0.29) is 0 Å². The molecule has 3 aliphatic rings. The number of nitrogens with zero attached hydrogens (tertiary/aromatic N) is 2. The van der Waals surface area contributed by atoms with Crippen molar-refractivity contribution in [3.8, 4) is 0 Å². The van der Waals surface area contributed by atoms with Crippen molar-refractivity contribution in [3.05, 3.63) is 82.8 Å². The highest BCUT2D eigenvalue weighted by Gasteiger charge is 2.23. The first kappa shape index (κ1) is 21.0. The Morgan fingerprint density at radius 3 is 2.82 bits per heavy atom. The summed E-state index contributed by atoms with van der Waals surface area (Å²) >= 11 is 0. The van der Waals surface area contributed by atoms with Crippen molar-refractivity contribution in [3.63, 3.8) is 0 Å². The van der Waals surface area contributed by atoms with Crippen molar-refractivity contribution in [1.29, 1.82) is 0 Å². The number of primary sulfonamides is 1. The standard InChI is InChI=1S/C22H22N6O4S/c23-33(29,30)21-13-31-19(12-32-21)16-3-1-2-4-17(16)27-20-8-10-25-22(28-20)26-15-6-5-14-7-9-24-18(14)11-15/h2,4-6,8,10-13,24H,1,3,7,9H2,(H2,23,29,30)(H2,25,26,27,28). The Kier molecular flexibility index (Phi) is 5.48. The normalized spacial score (nSPS) is 17.2. The zero-order valence-electron chi connectivity index (χ0n) is 17.5. The summed E-state index contributed by atoms with van der Waals surface area (Å²) < 4.78 is 33.5. The van der Waals surface area contributed by atoms with Gasteiger partial charge in [-0.05, 0) is 49.1 Å². The second-order valence-electron chi connectivity index (χ2n) is 7.60. The molecule has 0 spiro atoms. The zero-order valence-corrected chi connectivity index (χ0v) is 18.4. The summed E-state index contributed by atoms with van der Waals surface area (Å²) in [6, 6.07) is 7.91. The van der Waals surface area contributed by atoms with Crippen LogP contribution in [-0.4, -0.2) is 24.9 Å². The highest BCUT2D eigenvalue weighted by atomic mass is 32.2. The monoisotopic (exact) mass is 466 g/mol. The third-order valence-electron chi connectivity index (χ3n) is 5.31. The maximum atomic E-state index is 11.4. The second-order valence-corrected chi connectivity index (χ2v) is 9.09. The predicted octanol–water partition coefficient (Wildman–Crippen LogP) is 3.18. The molecule has 0 radical (unpaired) electrons. The van der Waals surface area contributed by atoms with Crippen molar-refractivity contribution in [2.75, 3.05) is 22.5 Å². The molecule has 0 amide bonds. The van der Waals surface area contributed by atoms with E-state index in [0.29, 0.717) is 23.9 Å². The van der Waals surface area contributed by atoms with Gasteiger partial charge in [-0.25, -0.2) is 18.5 Å². The number of aromatic nitrogens is 2. The lowest BCUT2D eigenvalue weighted by molar-refractivity contribution is 0.250. The molecule has 0 saturated heterocycles. The first-order chi connectivity index (χ1) is 16.0. The number of anilines is 4. The Morgan fingerprint density at radius 2 is 2.00 bits per heavy atom. The molecule has 2 aromatic rings. The van der Waals surface area contributed by atoms with Gasteiger partial charge in [-0.15, -0.1) is 0 Å². The molecule has 1 aromatic carbocycles. The molecule has 10 nitrogen and oxygen atoms in total. The summed E-state index contributed by atoms with van der Waals surface area (Å²) in [5.41, 5.74) is 4.90. The second kappa shape index (κ2) is 8.60. The van der Waals surface area contributed by atoms with Crippen LogP contribution < -0.4 is 21.1 Å². The third-order valence-corrected chi connectivity index (χ3v) is 6.06. The van der Waals surface area contributed by atoms with Gasteiger partial charge in [-0.3, -0.25) is 0 Å². The highest BCUT2D eigenvalue weighted by Crippen LogP contribution is 2.31. The minimum atomic E-state index is -3.98. The SMILES string of the molecule is NS(=O)(=O)C1=COC(C2=C(Nc3ccnc(Nc4ccc5c(c4)NCC5)n3)C=CCC2)=CO1. The molecule has 5 rings (SSSR count). The van der Waals surface area contributed by atoms with Gasteiger partial charge in [0.15, 0.2) is 5.76 Å². The smallest absolute Gasteiger partial charge is 0.274 e. The number of sulfonamides is 1. The van der Waals surface area contributed by atoms with Gasteiger partial charge >= 0.3 is 0 Å². The van der Waals surface area contributed by atoms with Crippen LogP contribution >= 0.6 is 0 Å². The minimum absolute atomic E-state index is 0.396. The number of hydrogen-bond donors (Lipinski definition) is 4. The Bertz CT molecular complexity index is 1330. The maximum absolute atomic E-state index is 11.4. The predicted molar refractivity (Wildman–Crippen MR) is 124 cm³/mol. The fourth-order valence-corrected chi connectivity index (χ4v) is 4.08. The Hall–Kier alpha value is -3.83. The summed E-state index contributed by atoms with van der Waals surface area (Å²) in [6.45, 7) is 0.948. The molecule has 11 heteroatoms.